The summed E-state index contributed by atoms with van der Waals surface area (Å²) in [7, 11) is 0. The average Bonchev–Trinajstić information content (AvgIpc) is 2.60. The zero-order valence-electron chi connectivity index (χ0n) is 14.4. The Bertz CT molecular complexity index is 718. The van der Waals surface area contributed by atoms with Gasteiger partial charge in [-0.05, 0) is 50.5 Å². The molecule has 0 aliphatic heterocycles. The number of benzene rings is 2. The van der Waals surface area contributed by atoms with Gasteiger partial charge in [0.05, 0.1) is 5.56 Å². The third kappa shape index (κ3) is 6.24. The van der Waals surface area contributed by atoms with E-state index in [0.29, 0.717) is 10.6 Å². The van der Waals surface area contributed by atoms with E-state index in [1.807, 2.05) is 25.1 Å². The lowest BCUT2D eigenvalue weighted by Gasteiger charge is -2.18. The average molecular weight is 360 g/mol. The van der Waals surface area contributed by atoms with Gasteiger partial charge in [0, 0.05) is 11.1 Å². The van der Waals surface area contributed by atoms with Crippen molar-refractivity contribution in [2.45, 2.75) is 38.8 Å². The van der Waals surface area contributed by atoms with Crippen LogP contribution < -0.4 is 5.32 Å². The number of hydrogen-bond donors (Lipinski definition) is 1. The molecule has 0 fully saturated rings. The maximum Gasteiger partial charge on any atom is 0.338 e. The molecule has 0 saturated heterocycles. The van der Waals surface area contributed by atoms with E-state index in [9.17, 15) is 9.59 Å². The van der Waals surface area contributed by atoms with E-state index in [1.165, 1.54) is 11.6 Å². The SMILES string of the molecule is C[C@H](CCc1ccccc1)NC(=O)[C@@H](C)OC(=O)c1cccc(Cl)c1. The Labute approximate surface area is 153 Å². The van der Waals surface area contributed by atoms with Crippen molar-refractivity contribution in [2.24, 2.45) is 0 Å². The van der Waals surface area contributed by atoms with Crippen LogP contribution in [-0.4, -0.2) is 24.0 Å². The molecule has 0 heterocycles. The quantitative estimate of drug-likeness (QED) is 0.759. The summed E-state index contributed by atoms with van der Waals surface area (Å²) in [6, 6.07) is 16.5. The summed E-state index contributed by atoms with van der Waals surface area (Å²) in [5, 5.41) is 3.32. The van der Waals surface area contributed by atoms with E-state index in [-0.39, 0.29) is 11.9 Å². The van der Waals surface area contributed by atoms with Crippen LogP contribution in [0, 0.1) is 0 Å². The van der Waals surface area contributed by atoms with Gasteiger partial charge < -0.3 is 10.1 Å². The Hall–Kier alpha value is -2.33. The molecule has 0 spiro atoms. The molecule has 1 N–H and O–H groups in total. The monoisotopic (exact) mass is 359 g/mol. The molecule has 0 aromatic heterocycles. The van der Waals surface area contributed by atoms with Crippen molar-refractivity contribution in [2.75, 3.05) is 0 Å². The first-order chi connectivity index (χ1) is 12.0. The van der Waals surface area contributed by atoms with Crippen molar-refractivity contribution in [1.29, 1.82) is 0 Å². The second-order valence-corrected chi connectivity index (χ2v) is 6.43. The van der Waals surface area contributed by atoms with Crippen LogP contribution in [-0.2, 0) is 16.0 Å². The number of nitrogens with one attached hydrogen (secondary N) is 1. The van der Waals surface area contributed by atoms with Crippen molar-refractivity contribution in [3.05, 3.63) is 70.7 Å². The summed E-state index contributed by atoms with van der Waals surface area (Å²) >= 11 is 5.86. The van der Waals surface area contributed by atoms with Crippen LogP contribution in [0.5, 0.6) is 0 Å². The third-order valence-corrected chi connectivity index (χ3v) is 4.05. The minimum absolute atomic E-state index is 0.0139. The van der Waals surface area contributed by atoms with Crippen LogP contribution >= 0.6 is 11.6 Å². The van der Waals surface area contributed by atoms with Crippen LogP contribution in [0.3, 0.4) is 0 Å². The van der Waals surface area contributed by atoms with E-state index in [2.05, 4.69) is 17.4 Å². The Morgan fingerprint density at radius 1 is 1.08 bits per heavy atom. The van der Waals surface area contributed by atoms with E-state index in [4.69, 9.17) is 16.3 Å². The first-order valence-electron chi connectivity index (χ1n) is 8.26. The first-order valence-corrected chi connectivity index (χ1v) is 8.64. The number of ether oxygens (including phenoxy) is 1. The Balaban J connectivity index is 1.80. The minimum Gasteiger partial charge on any atom is -0.449 e. The van der Waals surface area contributed by atoms with Gasteiger partial charge in [-0.1, -0.05) is 48.0 Å². The molecular formula is C20H22ClNO3. The highest BCUT2D eigenvalue weighted by Gasteiger charge is 2.20. The zero-order chi connectivity index (χ0) is 18.2. The fourth-order valence-corrected chi connectivity index (χ4v) is 2.55. The number of amides is 1. The van der Waals surface area contributed by atoms with Gasteiger partial charge in [-0.2, -0.15) is 0 Å². The topological polar surface area (TPSA) is 55.4 Å². The summed E-state index contributed by atoms with van der Waals surface area (Å²) in [6.07, 6.45) is 0.814. The fourth-order valence-electron chi connectivity index (χ4n) is 2.36. The molecule has 4 nitrogen and oxygen atoms in total. The highest BCUT2D eigenvalue weighted by molar-refractivity contribution is 6.30. The lowest BCUT2D eigenvalue weighted by molar-refractivity contribution is -0.129. The van der Waals surface area contributed by atoms with Crippen molar-refractivity contribution in [3.8, 4) is 0 Å². The molecule has 2 aromatic rings. The highest BCUT2D eigenvalue weighted by Crippen LogP contribution is 2.12. The summed E-state index contributed by atoms with van der Waals surface area (Å²) in [5.41, 5.74) is 1.55. The highest BCUT2D eigenvalue weighted by atomic mass is 35.5. The summed E-state index contributed by atoms with van der Waals surface area (Å²) in [6.45, 7) is 3.49. The molecule has 1 amide bonds. The molecule has 0 saturated carbocycles. The first kappa shape index (κ1) is 19.0. The lowest BCUT2D eigenvalue weighted by atomic mass is 10.1. The van der Waals surface area contributed by atoms with Crippen LogP contribution in [0.1, 0.15) is 36.2 Å². The predicted octanol–water partition coefficient (Wildman–Crippen LogP) is 4.02. The van der Waals surface area contributed by atoms with Crippen molar-refractivity contribution in [1.82, 2.24) is 5.32 Å². The number of esters is 1. The largest absolute Gasteiger partial charge is 0.449 e. The Kier molecular flexibility index (Phi) is 7.02. The lowest BCUT2D eigenvalue weighted by Crippen LogP contribution is -2.41. The molecule has 2 rings (SSSR count). The number of carbonyl (C=O) groups is 2. The molecule has 2 atom stereocenters. The van der Waals surface area contributed by atoms with Gasteiger partial charge >= 0.3 is 5.97 Å². The number of aryl methyl sites for hydroxylation is 1. The van der Waals surface area contributed by atoms with Crippen LogP contribution in [0.4, 0.5) is 0 Å². The number of halogens is 1. The molecule has 0 aliphatic rings. The predicted molar refractivity (Wildman–Crippen MR) is 98.7 cm³/mol. The van der Waals surface area contributed by atoms with Crippen LogP contribution in [0.25, 0.3) is 0 Å². The van der Waals surface area contributed by atoms with Gasteiger partial charge in [-0.25, -0.2) is 4.79 Å². The Morgan fingerprint density at radius 3 is 2.48 bits per heavy atom. The second kappa shape index (κ2) is 9.23. The van der Waals surface area contributed by atoms with Gasteiger partial charge in [0.25, 0.3) is 5.91 Å². The van der Waals surface area contributed by atoms with E-state index >= 15 is 0 Å². The summed E-state index contributed by atoms with van der Waals surface area (Å²) < 4.78 is 5.21. The molecular weight excluding hydrogens is 338 g/mol. The van der Waals surface area contributed by atoms with Gasteiger partial charge in [0.2, 0.25) is 0 Å². The molecule has 0 unspecified atom stereocenters. The number of rotatable bonds is 7. The minimum atomic E-state index is -0.870. The summed E-state index contributed by atoms with van der Waals surface area (Å²) in [5.74, 6) is -0.877. The van der Waals surface area contributed by atoms with Gasteiger partial charge in [0.15, 0.2) is 6.10 Å². The molecule has 25 heavy (non-hydrogen) atoms. The molecule has 0 radical (unpaired) electrons. The number of hydrogen-bond acceptors (Lipinski definition) is 3. The summed E-state index contributed by atoms with van der Waals surface area (Å²) in [4.78, 5) is 24.2. The van der Waals surface area contributed by atoms with E-state index in [0.717, 1.165) is 12.8 Å². The molecule has 0 bridgehead atoms. The fraction of sp³-hybridized carbons (Fsp3) is 0.300. The van der Waals surface area contributed by atoms with Gasteiger partial charge in [-0.3, -0.25) is 4.79 Å². The maximum atomic E-state index is 12.2. The van der Waals surface area contributed by atoms with Crippen molar-refractivity contribution < 1.29 is 14.3 Å². The maximum absolute atomic E-state index is 12.2. The van der Waals surface area contributed by atoms with Crippen LogP contribution in [0.2, 0.25) is 5.02 Å². The second-order valence-electron chi connectivity index (χ2n) is 5.99. The smallest absolute Gasteiger partial charge is 0.338 e. The van der Waals surface area contributed by atoms with Gasteiger partial charge in [-0.15, -0.1) is 0 Å². The zero-order valence-corrected chi connectivity index (χ0v) is 15.1. The molecule has 132 valence electrons. The number of carbonyl (C=O) groups excluding carboxylic acids is 2. The Morgan fingerprint density at radius 2 is 1.80 bits per heavy atom. The third-order valence-electron chi connectivity index (χ3n) is 3.81. The van der Waals surface area contributed by atoms with E-state index < -0.39 is 12.1 Å². The molecule has 5 heteroatoms. The van der Waals surface area contributed by atoms with Crippen molar-refractivity contribution >= 4 is 23.5 Å². The molecule has 0 aliphatic carbocycles. The van der Waals surface area contributed by atoms with Crippen LogP contribution in [0.15, 0.2) is 54.6 Å². The molecule has 2 aromatic carbocycles. The van der Waals surface area contributed by atoms with E-state index in [1.54, 1.807) is 25.1 Å². The standard InChI is InChI=1S/C20H22ClNO3/c1-14(11-12-16-7-4-3-5-8-16)22-19(23)15(2)25-20(24)17-9-6-10-18(21)13-17/h3-10,13-15H,11-12H2,1-2H3,(H,22,23)/t14-,15-/m1/s1. The van der Waals surface area contributed by atoms with Gasteiger partial charge in [0.1, 0.15) is 0 Å². The van der Waals surface area contributed by atoms with Crippen molar-refractivity contribution in [3.63, 3.8) is 0 Å². The normalized spacial score (nSPS) is 12.9.